The lowest BCUT2D eigenvalue weighted by Gasteiger charge is -2.26. The van der Waals surface area contributed by atoms with Gasteiger partial charge in [-0.3, -0.25) is 24.1 Å². The van der Waals surface area contributed by atoms with Crippen LogP contribution >= 0.6 is 55.1 Å². The third-order valence-electron chi connectivity index (χ3n) is 4.78. The van der Waals surface area contributed by atoms with Crippen LogP contribution in [0.25, 0.3) is 5.82 Å². The summed E-state index contributed by atoms with van der Waals surface area (Å²) in [5.41, 5.74) is -0.259. The molecule has 2 aromatic heterocycles. The topological polar surface area (TPSA) is 105 Å². The molecule has 4 amide bonds. The Morgan fingerprint density at radius 3 is 2.29 bits per heavy atom. The van der Waals surface area contributed by atoms with Gasteiger partial charge in [-0.1, -0.05) is 23.2 Å². The minimum atomic E-state index is -0.819. The van der Waals surface area contributed by atoms with Crippen molar-refractivity contribution in [1.82, 2.24) is 19.7 Å². The number of anilines is 1. The number of benzene rings is 1. The third kappa shape index (κ3) is 5.48. The first-order valence-electron chi connectivity index (χ1n) is 10.0. The molecule has 0 bridgehead atoms. The molecule has 13 heteroatoms. The van der Waals surface area contributed by atoms with Gasteiger partial charge in [0.1, 0.15) is 10.3 Å². The van der Waals surface area contributed by atoms with E-state index in [1.165, 1.54) is 42.9 Å². The van der Waals surface area contributed by atoms with E-state index in [0.717, 1.165) is 9.80 Å². The van der Waals surface area contributed by atoms with E-state index in [0.29, 0.717) is 0 Å². The van der Waals surface area contributed by atoms with Crippen LogP contribution in [0.15, 0.2) is 45.6 Å². The summed E-state index contributed by atoms with van der Waals surface area (Å²) in [5.74, 6) is -2.59. The zero-order chi connectivity index (χ0) is 26.0. The fraction of sp³-hybridized carbons (Fsp3) is 0.182. The lowest BCUT2D eigenvalue weighted by Crippen LogP contribution is -2.40. The molecule has 0 saturated heterocycles. The van der Waals surface area contributed by atoms with Crippen molar-refractivity contribution >= 4 is 84.4 Å². The first kappa shape index (κ1) is 27.0. The Morgan fingerprint density at radius 1 is 1.03 bits per heavy atom. The van der Waals surface area contributed by atoms with Gasteiger partial charge in [0.2, 0.25) is 11.8 Å². The molecule has 182 valence electrons. The highest BCUT2D eigenvalue weighted by Crippen LogP contribution is 2.36. The van der Waals surface area contributed by atoms with Crippen LogP contribution < -0.4 is 4.90 Å². The molecular weight excluding hydrogens is 629 g/mol. The quantitative estimate of drug-likeness (QED) is 0.373. The molecule has 2 heterocycles. The van der Waals surface area contributed by atoms with Crippen LogP contribution in [0.4, 0.5) is 5.69 Å². The number of rotatable bonds is 5. The Kier molecular flexibility index (Phi) is 8.47. The molecule has 35 heavy (non-hydrogen) atoms. The molecule has 0 aliphatic rings. The van der Waals surface area contributed by atoms with Crippen molar-refractivity contribution in [3.63, 3.8) is 0 Å². The summed E-state index contributed by atoms with van der Waals surface area (Å²) in [6, 6.07) is 7.31. The highest BCUT2D eigenvalue weighted by Gasteiger charge is 2.33. The van der Waals surface area contributed by atoms with Gasteiger partial charge in [0.25, 0.3) is 11.8 Å². The Morgan fingerprint density at radius 2 is 1.71 bits per heavy atom. The van der Waals surface area contributed by atoms with E-state index in [2.05, 4.69) is 41.9 Å². The van der Waals surface area contributed by atoms with Crippen LogP contribution in [-0.2, 0) is 9.59 Å². The van der Waals surface area contributed by atoms with Crippen molar-refractivity contribution in [2.75, 3.05) is 11.4 Å². The molecule has 0 fully saturated rings. The lowest BCUT2D eigenvalue weighted by atomic mass is 10.1. The van der Waals surface area contributed by atoms with Gasteiger partial charge in [-0.05, 0) is 63.0 Å². The van der Waals surface area contributed by atoms with Gasteiger partial charge in [0, 0.05) is 42.2 Å². The molecule has 3 rings (SSSR count). The lowest BCUT2D eigenvalue weighted by molar-refractivity contribution is -0.126. The zero-order valence-electron chi connectivity index (χ0n) is 18.6. The van der Waals surface area contributed by atoms with Crippen molar-refractivity contribution < 1.29 is 19.2 Å². The number of carbonyl (C=O) groups is 4. The molecule has 0 unspecified atom stereocenters. The fourth-order valence-corrected chi connectivity index (χ4v) is 4.89. The monoisotopic (exact) mass is 643 g/mol. The van der Waals surface area contributed by atoms with Crippen molar-refractivity contribution in [2.45, 2.75) is 20.8 Å². The first-order chi connectivity index (χ1) is 16.5. The smallest absolute Gasteiger partial charge is 0.279 e. The van der Waals surface area contributed by atoms with Crippen molar-refractivity contribution in [1.29, 1.82) is 0 Å². The highest BCUT2D eigenvalue weighted by atomic mass is 79.9. The van der Waals surface area contributed by atoms with E-state index in [4.69, 9.17) is 23.2 Å². The number of hydrogen-bond acceptors (Lipinski definition) is 6. The van der Waals surface area contributed by atoms with Crippen LogP contribution in [0.5, 0.6) is 0 Å². The molecule has 3 aromatic rings. The van der Waals surface area contributed by atoms with E-state index in [-0.39, 0.29) is 48.4 Å². The number of halogens is 4. The molecule has 0 aliphatic carbocycles. The van der Waals surface area contributed by atoms with Crippen LogP contribution in [0, 0.1) is 0 Å². The standard InChI is InChI=1S/C22H17Br2Cl2N5O4/c1-4-29(11(2)32)21(34)14-8-13(25)9-15(23)19(14)30(12(3)33)22(35)17-10-18(24)28-31(17)20-16(26)6-5-7-27-20/h5-10H,4H2,1-3H3. The maximum atomic E-state index is 13.8. The average Bonchev–Trinajstić information content (AvgIpc) is 3.16. The number of aromatic nitrogens is 3. The second-order valence-corrected chi connectivity index (χ2v) is 9.60. The van der Waals surface area contributed by atoms with Crippen LogP contribution in [-0.4, -0.2) is 49.8 Å². The Labute approximate surface area is 227 Å². The predicted octanol–water partition coefficient (Wildman–Crippen LogP) is 5.30. The molecule has 0 atom stereocenters. The summed E-state index contributed by atoms with van der Waals surface area (Å²) < 4.78 is 1.66. The predicted molar refractivity (Wildman–Crippen MR) is 138 cm³/mol. The summed E-state index contributed by atoms with van der Waals surface area (Å²) in [5, 5.41) is 4.61. The number of carbonyl (C=O) groups excluding carboxylic acids is 4. The molecule has 0 N–H and O–H groups in total. The summed E-state index contributed by atoms with van der Waals surface area (Å²) in [6.45, 7) is 4.10. The summed E-state index contributed by atoms with van der Waals surface area (Å²) in [6.07, 6.45) is 1.47. The minimum Gasteiger partial charge on any atom is -0.279 e. The molecule has 0 radical (unpaired) electrons. The SMILES string of the molecule is CCN(C(C)=O)C(=O)c1cc(Cl)cc(Br)c1N(C(C)=O)C(=O)c1cc(Br)nn1-c1ncccc1Cl. The summed E-state index contributed by atoms with van der Waals surface area (Å²) in [7, 11) is 0. The fourth-order valence-electron chi connectivity index (χ4n) is 3.33. The number of pyridine rings is 1. The first-order valence-corrected chi connectivity index (χ1v) is 12.3. The number of amides is 4. The van der Waals surface area contributed by atoms with Crippen molar-refractivity contribution in [3.05, 3.63) is 66.9 Å². The number of hydrogen-bond donors (Lipinski definition) is 0. The zero-order valence-corrected chi connectivity index (χ0v) is 23.2. The average molecular weight is 646 g/mol. The third-order valence-corrected chi connectivity index (χ3v) is 6.29. The van der Waals surface area contributed by atoms with E-state index < -0.39 is 23.6 Å². The molecule has 0 saturated carbocycles. The summed E-state index contributed by atoms with van der Waals surface area (Å²) >= 11 is 19.0. The largest absolute Gasteiger partial charge is 0.283 e. The Bertz CT molecular complexity index is 1360. The maximum Gasteiger partial charge on any atom is 0.283 e. The van der Waals surface area contributed by atoms with Gasteiger partial charge >= 0.3 is 0 Å². The minimum absolute atomic E-state index is 0.0631. The number of nitrogens with zero attached hydrogens (tertiary/aromatic N) is 5. The number of imide groups is 2. The Hall–Kier alpha value is -2.60. The van der Waals surface area contributed by atoms with E-state index in [1.807, 2.05) is 0 Å². The van der Waals surface area contributed by atoms with Gasteiger partial charge in [0.15, 0.2) is 5.82 Å². The Balaban J connectivity index is 2.25. The van der Waals surface area contributed by atoms with E-state index in [1.54, 1.807) is 19.1 Å². The van der Waals surface area contributed by atoms with Gasteiger partial charge in [-0.25, -0.2) is 14.6 Å². The highest BCUT2D eigenvalue weighted by molar-refractivity contribution is 9.10. The van der Waals surface area contributed by atoms with Crippen LogP contribution in [0.2, 0.25) is 10.0 Å². The van der Waals surface area contributed by atoms with Gasteiger partial charge < -0.3 is 0 Å². The van der Waals surface area contributed by atoms with Crippen molar-refractivity contribution in [2.24, 2.45) is 0 Å². The van der Waals surface area contributed by atoms with E-state index >= 15 is 0 Å². The summed E-state index contributed by atoms with van der Waals surface area (Å²) in [4.78, 5) is 57.9. The van der Waals surface area contributed by atoms with Crippen LogP contribution in [0.3, 0.4) is 0 Å². The second kappa shape index (κ2) is 11.0. The molecule has 1 aromatic carbocycles. The van der Waals surface area contributed by atoms with E-state index in [9.17, 15) is 19.2 Å². The molecule has 0 aliphatic heterocycles. The normalized spacial score (nSPS) is 10.7. The van der Waals surface area contributed by atoms with Gasteiger partial charge in [0.05, 0.1) is 16.3 Å². The second-order valence-electron chi connectivity index (χ2n) is 7.08. The van der Waals surface area contributed by atoms with Gasteiger partial charge in [-0.2, -0.15) is 5.10 Å². The molecular formula is C22H17Br2Cl2N5O4. The van der Waals surface area contributed by atoms with Crippen LogP contribution in [0.1, 0.15) is 41.6 Å². The maximum absolute atomic E-state index is 13.8. The molecule has 0 spiro atoms. The van der Waals surface area contributed by atoms with Crippen molar-refractivity contribution in [3.8, 4) is 5.82 Å². The van der Waals surface area contributed by atoms with Gasteiger partial charge in [-0.15, -0.1) is 0 Å². The molecule has 9 nitrogen and oxygen atoms in total.